The lowest BCUT2D eigenvalue weighted by Gasteiger charge is -2.32. The third-order valence-corrected chi connectivity index (χ3v) is 6.09. The van der Waals surface area contributed by atoms with Crippen molar-refractivity contribution in [2.75, 3.05) is 5.75 Å². The molecule has 2 aliphatic heterocycles. The van der Waals surface area contributed by atoms with Gasteiger partial charge in [-0.2, -0.15) is 4.99 Å². The number of aliphatic carboxylic acids is 1. The number of aromatic nitrogens is 1. The van der Waals surface area contributed by atoms with Crippen molar-refractivity contribution in [3.8, 4) is 0 Å². The number of fused-ring (bicyclic) bond motifs is 2. The number of thioether (sulfide) groups is 1. The maximum atomic E-state index is 10.8. The van der Waals surface area contributed by atoms with Crippen molar-refractivity contribution >= 4 is 51.8 Å². The van der Waals surface area contributed by atoms with Gasteiger partial charge in [0.25, 0.3) is 0 Å². The number of benzene rings is 1. The zero-order valence-electron chi connectivity index (χ0n) is 12.7. The highest BCUT2D eigenvalue weighted by atomic mass is 35.5. The summed E-state index contributed by atoms with van der Waals surface area (Å²) in [6.45, 7) is 0.889. The van der Waals surface area contributed by atoms with E-state index >= 15 is 0 Å². The number of carbonyl (C=O) groups is 1. The van der Waals surface area contributed by atoms with E-state index < -0.39 is 5.97 Å². The van der Waals surface area contributed by atoms with Gasteiger partial charge < -0.3 is 10.0 Å². The van der Waals surface area contributed by atoms with Gasteiger partial charge in [0.1, 0.15) is 0 Å². The van der Waals surface area contributed by atoms with Crippen LogP contribution in [0.4, 0.5) is 5.13 Å². The van der Waals surface area contributed by atoms with Gasteiger partial charge >= 0.3 is 5.97 Å². The number of rotatable bonds is 3. The maximum absolute atomic E-state index is 10.8. The number of amidine groups is 1. The lowest BCUT2D eigenvalue weighted by Crippen LogP contribution is -2.38. The Kier molecular flexibility index (Phi) is 5.12. The van der Waals surface area contributed by atoms with Crippen LogP contribution in [-0.4, -0.2) is 37.9 Å². The Morgan fingerprint density at radius 2 is 2.17 bits per heavy atom. The van der Waals surface area contributed by atoms with E-state index in [1.165, 1.54) is 22.5 Å². The highest BCUT2D eigenvalue weighted by Crippen LogP contribution is 2.35. The average molecular weight is 382 g/mol. The highest BCUT2D eigenvalue weighted by Gasteiger charge is 2.34. The molecule has 2 aromatic rings. The molecule has 0 aliphatic carbocycles. The van der Waals surface area contributed by atoms with Crippen molar-refractivity contribution < 1.29 is 9.90 Å². The summed E-state index contributed by atoms with van der Waals surface area (Å²) in [5.74, 6) is 0.205. The Balaban J connectivity index is 0.00000169. The molecule has 1 N–H and O–H groups in total. The fraction of sp³-hybridized carbons (Fsp3) is 0.312. The molecule has 24 heavy (non-hydrogen) atoms. The first kappa shape index (κ1) is 17.3. The predicted molar refractivity (Wildman–Crippen MR) is 99.7 cm³/mol. The molecule has 3 heterocycles. The first-order valence-corrected chi connectivity index (χ1v) is 9.20. The van der Waals surface area contributed by atoms with E-state index in [0.717, 1.165) is 28.8 Å². The maximum Gasteiger partial charge on any atom is 0.308 e. The van der Waals surface area contributed by atoms with Crippen LogP contribution in [0.3, 0.4) is 0 Å². The Hall–Kier alpha value is -1.57. The molecule has 0 spiro atoms. The van der Waals surface area contributed by atoms with E-state index in [9.17, 15) is 4.79 Å². The molecule has 126 valence electrons. The molecule has 1 aromatic heterocycles. The van der Waals surface area contributed by atoms with E-state index in [1.54, 1.807) is 18.0 Å². The molecule has 0 saturated carbocycles. The van der Waals surface area contributed by atoms with Gasteiger partial charge in [0.15, 0.2) is 5.17 Å². The third-order valence-electron chi connectivity index (χ3n) is 4.06. The van der Waals surface area contributed by atoms with Crippen molar-refractivity contribution in [2.24, 2.45) is 4.99 Å². The second-order valence-electron chi connectivity index (χ2n) is 5.64. The Labute approximate surface area is 154 Å². The molecule has 2 aliphatic rings. The molecular formula is C16H16ClN3O2S2. The van der Waals surface area contributed by atoms with Gasteiger partial charge in [-0.1, -0.05) is 47.4 Å². The van der Waals surface area contributed by atoms with Crippen LogP contribution >= 0.6 is 35.5 Å². The van der Waals surface area contributed by atoms with Crippen LogP contribution in [0.15, 0.2) is 35.5 Å². The fourth-order valence-electron chi connectivity index (χ4n) is 2.97. The second-order valence-corrected chi connectivity index (χ2v) is 7.72. The topological polar surface area (TPSA) is 65.8 Å². The van der Waals surface area contributed by atoms with E-state index in [4.69, 9.17) is 5.11 Å². The number of hydrogen-bond donors (Lipinski definition) is 1. The van der Waals surface area contributed by atoms with Crippen molar-refractivity contribution in [1.82, 2.24) is 9.88 Å². The molecule has 1 unspecified atom stereocenters. The van der Waals surface area contributed by atoms with Gasteiger partial charge in [-0.3, -0.25) is 4.79 Å². The summed E-state index contributed by atoms with van der Waals surface area (Å²) in [5, 5.41) is 10.5. The van der Waals surface area contributed by atoms with Crippen molar-refractivity contribution in [2.45, 2.75) is 25.4 Å². The van der Waals surface area contributed by atoms with Crippen LogP contribution in [0.2, 0.25) is 0 Å². The van der Waals surface area contributed by atoms with E-state index in [0.29, 0.717) is 11.2 Å². The third kappa shape index (κ3) is 3.43. The number of carboxylic acids is 1. The smallest absolute Gasteiger partial charge is 0.308 e. The lowest BCUT2D eigenvalue weighted by molar-refractivity contribution is -0.136. The minimum absolute atomic E-state index is 0. The van der Waals surface area contributed by atoms with E-state index in [-0.39, 0.29) is 18.8 Å². The molecule has 0 radical (unpaired) electrons. The summed E-state index contributed by atoms with van der Waals surface area (Å²) in [6, 6.07) is 9.07. The molecule has 1 fully saturated rings. The largest absolute Gasteiger partial charge is 0.481 e. The first-order valence-electron chi connectivity index (χ1n) is 7.40. The Bertz CT molecular complexity index is 793. The molecule has 4 rings (SSSR count). The minimum Gasteiger partial charge on any atom is -0.481 e. The highest BCUT2D eigenvalue weighted by molar-refractivity contribution is 8.14. The second kappa shape index (κ2) is 7.13. The molecule has 1 aromatic carbocycles. The average Bonchev–Trinajstić information content (AvgIpc) is 3.12. The number of aliphatic imine (C=N–C) groups is 1. The zero-order chi connectivity index (χ0) is 15.8. The molecule has 1 saturated heterocycles. The summed E-state index contributed by atoms with van der Waals surface area (Å²) in [4.78, 5) is 22.8. The quantitative estimate of drug-likeness (QED) is 0.883. The fourth-order valence-corrected chi connectivity index (χ4v) is 4.97. The summed E-state index contributed by atoms with van der Waals surface area (Å²) < 4.78 is 0. The van der Waals surface area contributed by atoms with E-state index in [1.807, 2.05) is 0 Å². The van der Waals surface area contributed by atoms with Crippen LogP contribution in [0, 0.1) is 0 Å². The van der Waals surface area contributed by atoms with Gasteiger partial charge in [-0.05, 0) is 17.5 Å². The minimum atomic E-state index is -0.837. The van der Waals surface area contributed by atoms with Crippen LogP contribution in [0.25, 0.3) is 0 Å². The van der Waals surface area contributed by atoms with Crippen LogP contribution < -0.4 is 0 Å². The first-order chi connectivity index (χ1) is 11.2. The SMILES string of the molecule is Cl.O=C(O)Cc1cnc(N=C2SCC3Cc4ccccc4CN23)s1. The number of thiazole rings is 1. The van der Waals surface area contributed by atoms with E-state index in [2.05, 4.69) is 39.1 Å². The summed E-state index contributed by atoms with van der Waals surface area (Å²) in [6.07, 6.45) is 2.68. The number of nitrogens with zero attached hydrogens (tertiary/aromatic N) is 3. The van der Waals surface area contributed by atoms with Gasteiger partial charge in [0.05, 0.1) is 6.42 Å². The van der Waals surface area contributed by atoms with Gasteiger partial charge in [0, 0.05) is 29.4 Å². The zero-order valence-corrected chi connectivity index (χ0v) is 15.2. The van der Waals surface area contributed by atoms with Crippen molar-refractivity contribution in [3.63, 3.8) is 0 Å². The standard InChI is InChI=1S/C16H15N3O2S2.ClH/c20-14(21)6-13-7-17-15(23-13)18-16-19-8-11-4-2-1-3-10(11)5-12(19)9-22-16;/h1-4,7,12H,5-6,8-9H2,(H,20,21);1H. The molecule has 0 bridgehead atoms. The Morgan fingerprint density at radius 3 is 2.96 bits per heavy atom. The molecular weight excluding hydrogens is 366 g/mol. The number of carboxylic acid groups (broad SMARTS) is 1. The monoisotopic (exact) mass is 381 g/mol. The Morgan fingerprint density at radius 1 is 1.38 bits per heavy atom. The van der Waals surface area contributed by atoms with Crippen molar-refractivity contribution in [1.29, 1.82) is 0 Å². The number of hydrogen-bond acceptors (Lipinski definition) is 5. The van der Waals surface area contributed by atoms with Crippen LogP contribution in [-0.2, 0) is 24.2 Å². The van der Waals surface area contributed by atoms with Crippen LogP contribution in [0.1, 0.15) is 16.0 Å². The van der Waals surface area contributed by atoms with Crippen molar-refractivity contribution in [3.05, 3.63) is 46.5 Å². The molecule has 1 atom stereocenters. The van der Waals surface area contributed by atoms with Gasteiger partial charge in [-0.25, -0.2) is 4.98 Å². The number of halogens is 1. The molecule has 5 nitrogen and oxygen atoms in total. The normalized spacial score (nSPS) is 20.4. The summed E-state index contributed by atoms with van der Waals surface area (Å²) in [5.41, 5.74) is 2.80. The van der Waals surface area contributed by atoms with Crippen LogP contribution in [0.5, 0.6) is 0 Å². The van der Waals surface area contributed by atoms with Gasteiger partial charge in [0.2, 0.25) is 5.13 Å². The molecule has 8 heteroatoms. The summed E-state index contributed by atoms with van der Waals surface area (Å²) in [7, 11) is 0. The molecule has 0 amide bonds. The predicted octanol–water partition coefficient (Wildman–Crippen LogP) is 3.35. The lowest BCUT2D eigenvalue weighted by atomic mass is 9.95. The van der Waals surface area contributed by atoms with Gasteiger partial charge in [-0.15, -0.1) is 12.4 Å². The summed E-state index contributed by atoms with van der Waals surface area (Å²) >= 11 is 3.12.